The number of amides is 1. The molecule has 1 amide bonds. The number of rotatable bonds is 1. The number of aldehydes is 1. The van der Waals surface area contributed by atoms with E-state index in [1.54, 1.807) is 4.90 Å². The van der Waals surface area contributed by atoms with Crippen LogP contribution < -0.4 is 0 Å². The van der Waals surface area contributed by atoms with Crippen molar-refractivity contribution in [1.29, 1.82) is 0 Å². The molecule has 1 aliphatic heterocycles. The lowest BCUT2D eigenvalue weighted by atomic mass is 9.88. The summed E-state index contributed by atoms with van der Waals surface area (Å²) in [5.74, 6) is 0.303. The highest BCUT2D eigenvalue weighted by atomic mass is 16.6. The third-order valence-corrected chi connectivity index (χ3v) is 2.80. The molecule has 1 aliphatic rings. The number of hydrogen-bond acceptors (Lipinski definition) is 3. The fourth-order valence-electron chi connectivity index (χ4n) is 1.86. The Morgan fingerprint density at radius 3 is 2.50 bits per heavy atom. The highest BCUT2D eigenvalue weighted by Crippen LogP contribution is 2.22. The summed E-state index contributed by atoms with van der Waals surface area (Å²) in [5, 5.41) is 0. The van der Waals surface area contributed by atoms with E-state index in [-0.39, 0.29) is 17.9 Å². The molecule has 0 aromatic heterocycles. The molecule has 0 bridgehead atoms. The molecule has 0 spiro atoms. The maximum atomic E-state index is 11.8. The molecule has 0 aliphatic carbocycles. The number of carbonyl (C=O) groups is 2. The Morgan fingerprint density at radius 1 is 1.44 bits per heavy atom. The van der Waals surface area contributed by atoms with Crippen LogP contribution in [-0.2, 0) is 9.53 Å². The zero-order chi connectivity index (χ0) is 12.3. The number of ether oxygens (including phenoxy) is 1. The standard InChI is InChI=1S/C12H21NO3/c1-9-7-13(6-5-10(9)8-14)11(15)16-12(2,3)4/h8-10H,5-7H2,1-4H3/t9-,10?/m0/s1. The Balaban J connectivity index is 2.51. The quantitative estimate of drug-likeness (QED) is 0.644. The van der Waals surface area contributed by atoms with Crippen molar-refractivity contribution >= 4 is 12.4 Å². The molecule has 4 heteroatoms. The molecule has 16 heavy (non-hydrogen) atoms. The molecule has 1 unspecified atom stereocenters. The van der Waals surface area contributed by atoms with E-state index < -0.39 is 5.60 Å². The zero-order valence-corrected chi connectivity index (χ0v) is 10.5. The second-order valence-electron chi connectivity index (χ2n) is 5.49. The van der Waals surface area contributed by atoms with Gasteiger partial charge in [-0.2, -0.15) is 0 Å². The van der Waals surface area contributed by atoms with Gasteiger partial charge in [0.2, 0.25) is 0 Å². The lowest BCUT2D eigenvalue weighted by Gasteiger charge is -2.35. The van der Waals surface area contributed by atoms with Gasteiger partial charge in [-0.1, -0.05) is 6.92 Å². The molecule has 1 fully saturated rings. The first-order valence-corrected chi connectivity index (χ1v) is 5.76. The summed E-state index contributed by atoms with van der Waals surface area (Å²) in [6, 6.07) is 0. The van der Waals surface area contributed by atoms with Gasteiger partial charge in [-0.15, -0.1) is 0 Å². The van der Waals surface area contributed by atoms with Crippen molar-refractivity contribution in [3.63, 3.8) is 0 Å². The van der Waals surface area contributed by atoms with Gasteiger partial charge < -0.3 is 14.4 Å². The fraction of sp³-hybridized carbons (Fsp3) is 0.833. The zero-order valence-electron chi connectivity index (χ0n) is 10.5. The summed E-state index contributed by atoms with van der Waals surface area (Å²) in [5.41, 5.74) is -0.457. The molecule has 0 aromatic rings. The van der Waals surface area contributed by atoms with E-state index in [0.717, 1.165) is 12.7 Å². The van der Waals surface area contributed by atoms with Crippen LogP contribution in [0, 0.1) is 11.8 Å². The van der Waals surface area contributed by atoms with E-state index in [2.05, 4.69) is 0 Å². The van der Waals surface area contributed by atoms with Gasteiger partial charge in [0, 0.05) is 19.0 Å². The Bertz CT molecular complexity index is 270. The smallest absolute Gasteiger partial charge is 0.410 e. The third kappa shape index (κ3) is 3.51. The van der Waals surface area contributed by atoms with Crippen LogP contribution in [0.2, 0.25) is 0 Å². The van der Waals surface area contributed by atoms with Crippen LogP contribution in [0.5, 0.6) is 0 Å². The van der Waals surface area contributed by atoms with Crippen LogP contribution in [0.4, 0.5) is 4.79 Å². The van der Waals surface area contributed by atoms with Crippen molar-refractivity contribution in [2.24, 2.45) is 11.8 Å². The molecule has 92 valence electrons. The van der Waals surface area contributed by atoms with E-state index in [9.17, 15) is 9.59 Å². The van der Waals surface area contributed by atoms with Gasteiger partial charge in [0.1, 0.15) is 11.9 Å². The van der Waals surface area contributed by atoms with E-state index in [4.69, 9.17) is 4.74 Å². The van der Waals surface area contributed by atoms with E-state index >= 15 is 0 Å². The van der Waals surface area contributed by atoms with Gasteiger partial charge in [-0.25, -0.2) is 4.79 Å². The van der Waals surface area contributed by atoms with E-state index in [1.165, 1.54) is 0 Å². The summed E-state index contributed by atoms with van der Waals surface area (Å²) >= 11 is 0. The SMILES string of the molecule is C[C@H]1CN(C(=O)OC(C)(C)C)CCC1C=O. The summed E-state index contributed by atoms with van der Waals surface area (Å²) in [6.45, 7) is 8.78. The third-order valence-electron chi connectivity index (χ3n) is 2.80. The molecule has 1 rings (SSSR count). The van der Waals surface area contributed by atoms with Crippen LogP contribution in [0.15, 0.2) is 0 Å². The lowest BCUT2D eigenvalue weighted by Crippen LogP contribution is -2.45. The normalized spacial score (nSPS) is 26.4. The van der Waals surface area contributed by atoms with Crippen molar-refractivity contribution in [2.45, 2.75) is 39.7 Å². The molecular weight excluding hydrogens is 206 g/mol. The van der Waals surface area contributed by atoms with Crippen LogP contribution >= 0.6 is 0 Å². The maximum Gasteiger partial charge on any atom is 0.410 e. The highest BCUT2D eigenvalue weighted by molar-refractivity contribution is 5.68. The second-order valence-corrected chi connectivity index (χ2v) is 5.49. The minimum atomic E-state index is -0.457. The summed E-state index contributed by atoms with van der Waals surface area (Å²) < 4.78 is 5.29. The van der Waals surface area contributed by atoms with Crippen molar-refractivity contribution in [3.8, 4) is 0 Å². The van der Waals surface area contributed by atoms with Crippen LogP contribution in [0.3, 0.4) is 0 Å². The number of likely N-dealkylation sites (tertiary alicyclic amines) is 1. The van der Waals surface area contributed by atoms with Gasteiger partial charge in [-0.3, -0.25) is 0 Å². The minimum absolute atomic E-state index is 0.0821. The van der Waals surface area contributed by atoms with Crippen molar-refractivity contribution in [3.05, 3.63) is 0 Å². The van der Waals surface area contributed by atoms with Crippen molar-refractivity contribution < 1.29 is 14.3 Å². The molecule has 0 N–H and O–H groups in total. The Morgan fingerprint density at radius 2 is 2.06 bits per heavy atom. The van der Waals surface area contributed by atoms with Gasteiger partial charge in [-0.05, 0) is 33.1 Å². The van der Waals surface area contributed by atoms with Gasteiger partial charge in [0.05, 0.1) is 0 Å². The second kappa shape index (κ2) is 4.85. The van der Waals surface area contributed by atoms with E-state index in [1.807, 2.05) is 27.7 Å². The van der Waals surface area contributed by atoms with Crippen LogP contribution in [-0.4, -0.2) is 36.0 Å². The molecule has 2 atom stereocenters. The molecule has 0 radical (unpaired) electrons. The summed E-state index contributed by atoms with van der Waals surface area (Å²) in [4.78, 5) is 24.2. The Labute approximate surface area is 96.9 Å². The average Bonchev–Trinajstić information content (AvgIpc) is 2.15. The number of carbonyl (C=O) groups excluding carboxylic acids is 2. The van der Waals surface area contributed by atoms with Crippen LogP contribution in [0.1, 0.15) is 34.1 Å². The first-order valence-electron chi connectivity index (χ1n) is 5.76. The number of nitrogens with zero attached hydrogens (tertiary/aromatic N) is 1. The predicted molar refractivity (Wildman–Crippen MR) is 61.1 cm³/mol. The first-order chi connectivity index (χ1) is 7.33. The first kappa shape index (κ1) is 13.0. The topological polar surface area (TPSA) is 46.6 Å². The lowest BCUT2D eigenvalue weighted by molar-refractivity contribution is -0.114. The number of hydrogen-bond donors (Lipinski definition) is 0. The van der Waals surface area contributed by atoms with Crippen molar-refractivity contribution in [1.82, 2.24) is 4.90 Å². The monoisotopic (exact) mass is 227 g/mol. The summed E-state index contributed by atoms with van der Waals surface area (Å²) in [7, 11) is 0. The van der Waals surface area contributed by atoms with Gasteiger partial charge in [0.25, 0.3) is 0 Å². The Kier molecular flexibility index (Phi) is 3.94. The van der Waals surface area contributed by atoms with E-state index in [0.29, 0.717) is 13.1 Å². The summed E-state index contributed by atoms with van der Waals surface area (Å²) in [6.07, 6.45) is 1.46. The largest absolute Gasteiger partial charge is 0.444 e. The van der Waals surface area contributed by atoms with Gasteiger partial charge >= 0.3 is 6.09 Å². The number of piperidine rings is 1. The molecule has 0 aromatic carbocycles. The maximum absolute atomic E-state index is 11.8. The van der Waals surface area contributed by atoms with Crippen LogP contribution in [0.25, 0.3) is 0 Å². The molecule has 4 nitrogen and oxygen atoms in total. The molecule has 0 saturated carbocycles. The fourth-order valence-corrected chi connectivity index (χ4v) is 1.86. The molecule has 1 heterocycles. The Hall–Kier alpha value is -1.06. The minimum Gasteiger partial charge on any atom is -0.444 e. The van der Waals surface area contributed by atoms with Gasteiger partial charge in [0.15, 0.2) is 0 Å². The average molecular weight is 227 g/mol. The molecule has 1 saturated heterocycles. The highest BCUT2D eigenvalue weighted by Gasteiger charge is 2.30. The van der Waals surface area contributed by atoms with Crippen molar-refractivity contribution in [2.75, 3.05) is 13.1 Å². The molecular formula is C12H21NO3. The predicted octanol–water partition coefficient (Wildman–Crippen LogP) is 2.08.